The van der Waals surface area contributed by atoms with Crippen LogP contribution in [0.15, 0.2) is 11.6 Å². The van der Waals surface area contributed by atoms with Gasteiger partial charge in [-0.3, -0.25) is 9.59 Å². The Labute approximate surface area is 305 Å². The third kappa shape index (κ3) is 6.97. The van der Waals surface area contributed by atoms with Gasteiger partial charge < -0.3 is 39.7 Å². The van der Waals surface area contributed by atoms with Crippen LogP contribution >= 0.6 is 0 Å². The molecular formula is C41H68O10. The predicted molar refractivity (Wildman–Crippen MR) is 192 cm³/mol. The van der Waals surface area contributed by atoms with Crippen LogP contribution in [-0.2, 0) is 23.8 Å². The fraction of sp³-hybridized carbons (Fsp3) is 0.902. The van der Waals surface area contributed by atoms with E-state index in [2.05, 4.69) is 61.5 Å². The number of carboxylic acids is 1. The van der Waals surface area contributed by atoms with E-state index >= 15 is 0 Å². The number of ether oxygens (including phenoxy) is 3. The third-order valence-electron chi connectivity index (χ3n) is 15.6. The van der Waals surface area contributed by atoms with Gasteiger partial charge in [0.05, 0.1) is 30.7 Å². The van der Waals surface area contributed by atoms with Gasteiger partial charge in [0.2, 0.25) is 0 Å². The SMILES string of the molecule is CC[C@@H]1OC(OC(C)(CCC=C(C)C)C2CC[C@]3(C)C2[C@H](O)CC2[C@@]4(C)CC[C@H](OC(=O)CCC(=O)O)C(C)(C)C4CC[C@]23C)[C@@H](O)[C@H](O)[C@H]1O. The Bertz CT molecular complexity index is 1310. The number of carboxylic acid groups (broad SMARTS) is 1. The standard InChI is InChI=1S/C41H68O10/c1-10-26-33(46)34(47)35(48)36(49-26)51-41(9,18-11-12-23(2)3)24-15-20-40(8)32(24)25(42)22-28-38(6)19-17-29(50-31(45)14-13-30(43)44)37(4,5)27(38)16-21-39(28,40)7/h12,24-29,32-36,42,46-48H,10-11,13-22H2,1-9H3,(H,43,44)/t24?,25-,26+,27?,28?,29+,32?,33+,34-,35+,36?,38+,39-,40-,41?/m1/s1. The second-order valence-electron chi connectivity index (χ2n) is 18.9. The van der Waals surface area contributed by atoms with Crippen molar-refractivity contribution in [2.75, 3.05) is 0 Å². The highest BCUT2D eigenvalue weighted by Crippen LogP contribution is 2.76. The molecule has 1 heterocycles. The Morgan fingerprint density at radius 1 is 0.882 bits per heavy atom. The highest BCUT2D eigenvalue weighted by atomic mass is 16.7. The van der Waals surface area contributed by atoms with E-state index in [9.17, 15) is 30.0 Å². The summed E-state index contributed by atoms with van der Waals surface area (Å²) in [7, 11) is 0. The average molecular weight is 721 g/mol. The van der Waals surface area contributed by atoms with Crippen molar-refractivity contribution in [3.8, 4) is 0 Å². The molecule has 15 atom stereocenters. The average Bonchev–Trinajstić information content (AvgIpc) is 3.43. The lowest BCUT2D eigenvalue weighted by molar-refractivity contribution is -0.333. The number of hydrogen-bond donors (Lipinski definition) is 5. The quantitative estimate of drug-likeness (QED) is 0.123. The summed E-state index contributed by atoms with van der Waals surface area (Å²) >= 11 is 0. The lowest BCUT2D eigenvalue weighted by Gasteiger charge is -2.70. The molecule has 0 spiro atoms. The molecule has 5 rings (SSSR count). The minimum atomic E-state index is -1.40. The fourth-order valence-electron chi connectivity index (χ4n) is 12.7. The first-order chi connectivity index (χ1) is 23.7. The molecule has 0 aromatic carbocycles. The highest BCUT2D eigenvalue weighted by Gasteiger charge is 2.72. The lowest BCUT2D eigenvalue weighted by atomic mass is 9.35. The largest absolute Gasteiger partial charge is 0.481 e. The number of carbonyl (C=O) groups is 2. The van der Waals surface area contributed by atoms with Gasteiger partial charge in [-0.05, 0) is 125 Å². The summed E-state index contributed by atoms with van der Waals surface area (Å²) in [6, 6.07) is 0. The molecule has 4 saturated carbocycles. The van der Waals surface area contributed by atoms with Crippen LogP contribution in [0.2, 0.25) is 0 Å². The van der Waals surface area contributed by atoms with Gasteiger partial charge >= 0.3 is 11.9 Å². The zero-order chi connectivity index (χ0) is 37.9. The van der Waals surface area contributed by atoms with E-state index in [1.165, 1.54) is 5.57 Å². The molecule has 0 aromatic heterocycles. The number of fused-ring (bicyclic) bond motifs is 5. The summed E-state index contributed by atoms with van der Waals surface area (Å²) in [6.07, 6.45) is 3.17. The van der Waals surface area contributed by atoms with Crippen LogP contribution in [0.25, 0.3) is 0 Å². The van der Waals surface area contributed by atoms with E-state index in [0.717, 1.165) is 38.5 Å². The van der Waals surface area contributed by atoms with E-state index in [1.54, 1.807) is 0 Å². The van der Waals surface area contributed by atoms with E-state index in [-0.39, 0.29) is 64.3 Å². The number of allylic oxidation sites excluding steroid dienone is 2. The number of aliphatic hydroxyl groups excluding tert-OH is 4. The number of rotatable bonds is 11. The summed E-state index contributed by atoms with van der Waals surface area (Å²) < 4.78 is 19.0. The molecular weight excluding hydrogens is 652 g/mol. The predicted octanol–water partition coefficient (Wildman–Crippen LogP) is 6.16. The van der Waals surface area contributed by atoms with E-state index < -0.39 is 54.3 Å². The minimum Gasteiger partial charge on any atom is -0.481 e. The molecule has 5 N–H and O–H groups in total. The van der Waals surface area contributed by atoms with Gasteiger partial charge in [0.25, 0.3) is 0 Å². The van der Waals surface area contributed by atoms with E-state index in [4.69, 9.17) is 19.3 Å². The molecule has 1 saturated heterocycles. The summed E-state index contributed by atoms with van der Waals surface area (Å²) in [4.78, 5) is 23.7. The van der Waals surface area contributed by atoms with Crippen LogP contribution in [0.3, 0.4) is 0 Å². The third-order valence-corrected chi connectivity index (χ3v) is 15.6. The van der Waals surface area contributed by atoms with Crippen molar-refractivity contribution in [1.29, 1.82) is 0 Å². The Kier molecular flexibility index (Phi) is 11.6. The summed E-state index contributed by atoms with van der Waals surface area (Å²) in [5.41, 5.74) is -0.210. The van der Waals surface area contributed by atoms with Crippen molar-refractivity contribution >= 4 is 11.9 Å². The van der Waals surface area contributed by atoms with Gasteiger partial charge in [-0.25, -0.2) is 0 Å². The second kappa shape index (κ2) is 14.6. The maximum atomic E-state index is 12.7. The van der Waals surface area contributed by atoms with E-state index in [0.29, 0.717) is 25.7 Å². The van der Waals surface area contributed by atoms with Gasteiger partial charge in [0.15, 0.2) is 6.29 Å². The van der Waals surface area contributed by atoms with Crippen molar-refractivity contribution in [3.05, 3.63) is 11.6 Å². The van der Waals surface area contributed by atoms with Crippen molar-refractivity contribution in [3.63, 3.8) is 0 Å². The first kappa shape index (κ1) is 40.6. The molecule has 292 valence electrons. The number of aliphatic carboxylic acids is 1. The van der Waals surface area contributed by atoms with Gasteiger partial charge in [-0.2, -0.15) is 0 Å². The normalized spacial score (nSPS) is 45.8. The van der Waals surface area contributed by atoms with Crippen LogP contribution in [0, 0.1) is 45.3 Å². The Balaban J connectivity index is 1.43. The number of carbonyl (C=O) groups excluding carboxylic acids is 1. The van der Waals surface area contributed by atoms with Crippen LogP contribution in [0.5, 0.6) is 0 Å². The molecule has 6 unspecified atom stereocenters. The smallest absolute Gasteiger partial charge is 0.306 e. The number of hydrogen-bond acceptors (Lipinski definition) is 9. The number of aliphatic hydroxyl groups is 4. The maximum absolute atomic E-state index is 12.7. The number of esters is 1. The van der Waals surface area contributed by atoms with Crippen molar-refractivity contribution < 1.29 is 49.3 Å². The first-order valence-electron chi connectivity index (χ1n) is 19.8. The first-order valence-corrected chi connectivity index (χ1v) is 19.8. The lowest BCUT2D eigenvalue weighted by Crippen LogP contribution is -2.67. The summed E-state index contributed by atoms with van der Waals surface area (Å²) in [5, 5.41) is 53.9. The van der Waals surface area contributed by atoms with Crippen molar-refractivity contribution in [1.82, 2.24) is 0 Å². The monoisotopic (exact) mass is 720 g/mol. The minimum absolute atomic E-state index is 0.0244. The van der Waals surface area contributed by atoms with Crippen LogP contribution < -0.4 is 0 Å². The second-order valence-corrected chi connectivity index (χ2v) is 18.9. The van der Waals surface area contributed by atoms with Crippen LogP contribution in [0.4, 0.5) is 0 Å². The summed E-state index contributed by atoms with van der Waals surface area (Å²) in [5.74, 6) is -0.997. The Morgan fingerprint density at radius 3 is 2.18 bits per heavy atom. The van der Waals surface area contributed by atoms with Gasteiger partial charge in [-0.1, -0.05) is 53.2 Å². The van der Waals surface area contributed by atoms with Crippen LogP contribution in [0.1, 0.15) is 139 Å². The maximum Gasteiger partial charge on any atom is 0.306 e. The van der Waals surface area contributed by atoms with Crippen LogP contribution in [-0.4, -0.2) is 86.0 Å². The van der Waals surface area contributed by atoms with E-state index in [1.807, 2.05) is 6.92 Å². The zero-order valence-corrected chi connectivity index (χ0v) is 32.7. The Morgan fingerprint density at radius 2 is 1.55 bits per heavy atom. The molecule has 5 aliphatic rings. The molecule has 4 aliphatic carbocycles. The zero-order valence-electron chi connectivity index (χ0n) is 32.7. The topological polar surface area (TPSA) is 163 Å². The molecule has 51 heavy (non-hydrogen) atoms. The molecule has 0 aromatic rings. The molecule has 0 amide bonds. The molecule has 0 radical (unpaired) electrons. The van der Waals surface area contributed by atoms with Crippen molar-refractivity contribution in [2.45, 2.75) is 188 Å². The van der Waals surface area contributed by atoms with Crippen molar-refractivity contribution in [2.24, 2.45) is 45.3 Å². The molecule has 1 aliphatic heterocycles. The molecule has 5 fully saturated rings. The fourth-order valence-corrected chi connectivity index (χ4v) is 12.7. The van der Waals surface area contributed by atoms with Gasteiger partial charge in [-0.15, -0.1) is 0 Å². The Hall–Kier alpha value is -1.56. The summed E-state index contributed by atoms with van der Waals surface area (Å²) in [6.45, 7) is 19.8. The molecule has 0 bridgehead atoms. The van der Waals surface area contributed by atoms with Gasteiger partial charge in [0, 0.05) is 5.41 Å². The molecule has 10 nitrogen and oxygen atoms in total. The molecule has 10 heteroatoms. The highest BCUT2D eigenvalue weighted by molar-refractivity contribution is 5.76. The van der Waals surface area contributed by atoms with Gasteiger partial charge in [0.1, 0.15) is 24.4 Å².